The molecule has 2 N–H and O–H groups in total. The molecule has 2 amide bonds. The van der Waals surface area contributed by atoms with E-state index in [2.05, 4.69) is 29.4 Å². The molecule has 31 heavy (non-hydrogen) atoms. The van der Waals surface area contributed by atoms with Crippen LogP contribution in [0.2, 0.25) is 0 Å². The molecule has 1 saturated carbocycles. The molecular weight excluding hydrogens is 394 g/mol. The summed E-state index contributed by atoms with van der Waals surface area (Å²) in [4.78, 5) is 27.6. The molecule has 7 heteroatoms. The largest absolute Gasteiger partial charge is 0.496 e. The maximum absolute atomic E-state index is 12.6. The summed E-state index contributed by atoms with van der Waals surface area (Å²) in [6, 6.07) is 7.37. The van der Waals surface area contributed by atoms with Gasteiger partial charge in [-0.25, -0.2) is 0 Å². The monoisotopic (exact) mass is 429 g/mol. The molecule has 1 aliphatic heterocycles. The van der Waals surface area contributed by atoms with Gasteiger partial charge in [-0.2, -0.15) is 0 Å². The van der Waals surface area contributed by atoms with Crippen LogP contribution in [0.15, 0.2) is 30.0 Å². The molecular formula is C24H35N3O4. The van der Waals surface area contributed by atoms with Crippen molar-refractivity contribution in [2.45, 2.75) is 51.7 Å². The average molecular weight is 430 g/mol. The molecule has 0 radical (unpaired) electrons. The number of rotatable bonds is 9. The summed E-state index contributed by atoms with van der Waals surface area (Å²) in [5.74, 6) is 0.744. The topological polar surface area (TPSA) is 79.9 Å². The van der Waals surface area contributed by atoms with Crippen molar-refractivity contribution in [3.05, 3.63) is 35.6 Å². The summed E-state index contributed by atoms with van der Waals surface area (Å²) in [5.41, 5.74) is 0.798. The van der Waals surface area contributed by atoms with Crippen molar-refractivity contribution in [3.63, 3.8) is 0 Å². The molecule has 0 bridgehead atoms. The lowest BCUT2D eigenvalue weighted by Gasteiger charge is -2.39. The third-order valence-electron chi connectivity index (χ3n) is 6.25. The Morgan fingerprint density at radius 2 is 2.06 bits per heavy atom. The third kappa shape index (κ3) is 6.00. The minimum Gasteiger partial charge on any atom is -0.496 e. The number of hydrogen-bond acceptors (Lipinski definition) is 5. The van der Waals surface area contributed by atoms with E-state index in [4.69, 9.17) is 9.47 Å². The minimum absolute atomic E-state index is 0.0849. The number of nitrogens with one attached hydrogen (secondary N) is 2. The van der Waals surface area contributed by atoms with Crippen molar-refractivity contribution in [1.82, 2.24) is 15.5 Å². The highest BCUT2D eigenvalue weighted by atomic mass is 16.5. The van der Waals surface area contributed by atoms with Crippen LogP contribution in [-0.2, 0) is 14.3 Å². The molecule has 3 rings (SSSR count). The average Bonchev–Trinajstić information content (AvgIpc) is 2.79. The zero-order valence-electron chi connectivity index (χ0n) is 18.9. The van der Waals surface area contributed by atoms with Crippen molar-refractivity contribution >= 4 is 17.9 Å². The molecule has 0 spiro atoms. The van der Waals surface area contributed by atoms with Gasteiger partial charge in [0.25, 0.3) is 5.91 Å². The number of fused-ring (bicyclic) bond motifs is 1. The molecule has 3 atom stereocenters. The number of morpholine rings is 1. The molecule has 0 aromatic heterocycles. The molecule has 1 saturated heterocycles. The molecule has 7 nitrogen and oxygen atoms in total. The molecule has 1 aromatic rings. The Balaban J connectivity index is 1.52. The highest BCUT2D eigenvalue weighted by Gasteiger charge is 2.40. The Kier molecular flexibility index (Phi) is 8.35. The second-order valence-electron chi connectivity index (χ2n) is 8.17. The maximum Gasteiger partial charge on any atom is 0.286 e. The summed E-state index contributed by atoms with van der Waals surface area (Å²) in [7, 11) is 1.60. The number of nitrogens with zero attached hydrogens (tertiary/aromatic N) is 1. The third-order valence-corrected chi connectivity index (χ3v) is 6.25. The van der Waals surface area contributed by atoms with E-state index in [1.54, 1.807) is 13.2 Å². The van der Waals surface area contributed by atoms with Gasteiger partial charge >= 0.3 is 0 Å². The molecule has 2 fully saturated rings. The van der Waals surface area contributed by atoms with Crippen LogP contribution < -0.4 is 15.4 Å². The first-order valence-corrected chi connectivity index (χ1v) is 11.4. The van der Waals surface area contributed by atoms with Gasteiger partial charge in [0.05, 0.1) is 13.2 Å². The fourth-order valence-corrected chi connectivity index (χ4v) is 4.35. The van der Waals surface area contributed by atoms with Crippen molar-refractivity contribution < 1.29 is 19.1 Å². The van der Waals surface area contributed by atoms with Gasteiger partial charge in [-0.05, 0) is 57.5 Å². The zero-order chi connectivity index (χ0) is 22.2. The number of carbonyl (C=O) groups excluding carboxylic acids is 2. The molecule has 1 heterocycles. The Hall–Kier alpha value is -2.54. The normalized spacial score (nSPS) is 24.3. The number of carbonyl (C=O) groups is 2. The quantitative estimate of drug-likeness (QED) is 0.466. The predicted octanol–water partition coefficient (Wildman–Crippen LogP) is 2.57. The molecule has 2 aliphatic rings. The van der Waals surface area contributed by atoms with Crippen LogP contribution in [0.25, 0.3) is 6.08 Å². The molecule has 170 valence electrons. The van der Waals surface area contributed by atoms with Gasteiger partial charge in [-0.1, -0.05) is 32.0 Å². The summed E-state index contributed by atoms with van der Waals surface area (Å²) < 4.78 is 11.4. The van der Waals surface area contributed by atoms with E-state index in [-0.39, 0.29) is 29.9 Å². The standard InChI is InChI=1S/C24H35N3O4/c1-4-27(5-2)14-8-13-25-23(28)18-11-12-21-19(15-18)26-24(29)22(31-21)16-17-9-6-7-10-20(17)30-3/h6-7,9-10,16,18-19,21H,4-5,8,11-15H2,1-3H3,(H,25,28)(H,26,29)/b22-16-. The Labute approximate surface area is 185 Å². The lowest BCUT2D eigenvalue weighted by Crippen LogP contribution is -2.54. The predicted molar refractivity (Wildman–Crippen MR) is 121 cm³/mol. The van der Waals surface area contributed by atoms with Gasteiger partial charge < -0.3 is 25.0 Å². The second kappa shape index (κ2) is 11.2. The number of methoxy groups -OCH3 is 1. The summed E-state index contributed by atoms with van der Waals surface area (Å²) in [6.07, 6.45) is 4.68. The van der Waals surface area contributed by atoms with E-state index in [9.17, 15) is 9.59 Å². The fraction of sp³-hybridized carbons (Fsp3) is 0.583. The van der Waals surface area contributed by atoms with Gasteiger partial charge in [-0.15, -0.1) is 0 Å². The second-order valence-corrected chi connectivity index (χ2v) is 8.17. The summed E-state index contributed by atoms with van der Waals surface area (Å²) in [5, 5.41) is 6.12. The van der Waals surface area contributed by atoms with Crippen LogP contribution in [0.4, 0.5) is 0 Å². The van der Waals surface area contributed by atoms with Crippen molar-refractivity contribution in [3.8, 4) is 5.75 Å². The van der Waals surface area contributed by atoms with Gasteiger partial charge in [0.15, 0.2) is 5.76 Å². The number of amides is 2. The molecule has 3 unspecified atom stereocenters. The first-order valence-electron chi connectivity index (χ1n) is 11.4. The van der Waals surface area contributed by atoms with Crippen LogP contribution in [0.3, 0.4) is 0 Å². The van der Waals surface area contributed by atoms with Gasteiger partial charge in [0.2, 0.25) is 5.91 Å². The van der Waals surface area contributed by atoms with Gasteiger partial charge in [0, 0.05) is 18.0 Å². The SMILES string of the molecule is CCN(CC)CCCNC(=O)C1CCC2O/C(=C\c3ccccc3OC)C(=O)NC2C1. The molecule has 1 aromatic carbocycles. The highest BCUT2D eigenvalue weighted by Crippen LogP contribution is 2.32. The van der Waals surface area contributed by atoms with E-state index in [1.807, 2.05) is 24.3 Å². The smallest absolute Gasteiger partial charge is 0.286 e. The van der Waals surface area contributed by atoms with Crippen LogP contribution in [0, 0.1) is 5.92 Å². The van der Waals surface area contributed by atoms with Crippen LogP contribution in [-0.4, -0.2) is 62.1 Å². The fourth-order valence-electron chi connectivity index (χ4n) is 4.35. The van der Waals surface area contributed by atoms with E-state index >= 15 is 0 Å². The Morgan fingerprint density at radius 1 is 1.29 bits per heavy atom. The minimum atomic E-state index is -0.243. The van der Waals surface area contributed by atoms with Crippen molar-refractivity contribution in [2.24, 2.45) is 5.92 Å². The van der Waals surface area contributed by atoms with Crippen molar-refractivity contribution in [2.75, 3.05) is 33.3 Å². The zero-order valence-corrected chi connectivity index (χ0v) is 18.9. The number of ether oxygens (including phenoxy) is 2. The summed E-state index contributed by atoms with van der Waals surface area (Å²) in [6.45, 7) is 8.05. The van der Waals surface area contributed by atoms with E-state index in [0.29, 0.717) is 24.5 Å². The molecule has 1 aliphatic carbocycles. The Bertz CT molecular complexity index is 791. The van der Waals surface area contributed by atoms with Crippen molar-refractivity contribution in [1.29, 1.82) is 0 Å². The van der Waals surface area contributed by atoms with Gasteiger partial charge in [0.1, 0.15) is 11.9 Å². The Morgan fingerprint density at radius 3 is 2.81 bits per heavy atom. The maximum atomic E-state index is 12.6. The van der Waals surface area contributed by atoms with Crippen LogP contribution in [0.5, 0.6) is 5.75 Å². The summed E-state index contributed by atoms with van der Waals surface area (Å²) >= 11 is 0. The number of benzene rings is 1. The lowest BCUT2D eigenvalue weighted by atomic mass is 9.82. The lowest BCUT2D eigenvalue weighted by molar-refractivity contribution is -0.134. The van der Waals surface area contributed by atoms with E-state index in [1.165, 1.54) is 0 Å². The van der Waals surface area contributed by atoms with Crippen LogP contribution >= 0.6 is 0 Å². The van der Waals surface area contributed by atoms with E-state index in [0.717, 1.165) is 44.5 Å². The first kappa shape index (κ1) is 23.1. The van der Waals surface area contributed by atoms with Crippen LogP contribution in [0.1, 0.15) is 45.1 Å². The number of hydrogen-bond donors (Lipinski definition) is 2. The van der Waals surface area contributed by atoms with E-state index < -0.39 is 0 Å². The highest BCUT2D eigenvalue weighted by molar-refractivity contribution is 5.97. The first-order chi connectivity index (χ1) is 15.0. The van der Waals surface area contributed by atoms with Gasteiger partial charge in [-0.3, -0.25) is 9.59 Å². The number of para-hydroxylation sites is 1.